The van der Waals surface area contributed by atoms with Gasteiger partial charge in [-0.1, -0.05) is 63.1 Å². The van der Waals surface area contributed by atoms with Gasteiger partial charge in [-0.2, -0.15) is 0 Å². The normalized spacial score (nSPS) is 24.1. The molecule has 1 aromatic rings. The van der Waals surface area contributed by atoms with Crippen LogP contribution in [0.15, 0.2) is 23.2 Å². The molecular weight excluding hydrogens is 364 g/mol. The number of amides is 2. The van der Waals surface area contributed by atoms with Crippen LogP contribution in [0.3, 0.4) is 0 Å². The number of rotatable bonds is 5. The van der Waals surface area contributed by atoms with Crippen LogP contribution in [0.1, 0.15) is 69.9 Å². The van der Waals surface area contributed by atoms with Gasteiger partial charge < -0.3 is 10.4 Å². The van der Waals surface area contributed by atoms with Gasteiger partial charge in [0, 0.05) is 12.1 Å². The van der Waals surface area contributed by atoms with Gasteiger partial charge in [0.2, 0.25) is 0 Å². The minimum atomic E-state index is -0.499. The Kier molecular flexibility index (Phi) is 6.53. The number of aliphatic imine (C=N–C) groups is 1. The van der Waals surface area contributed by atoms with E-state index in [1.807, 2.05) is 6.92 Å². The maximum absolute atomic E-state index is 13.3. The number of nitrogens with zero attached hydrogens (tertiary/aromatic N) is 1. The van der Waals surface area contributed by atoms with Crippen LogP contribution in [-0.2, 0) is 4.79 Å². The first-order chi connectivity index (χ1) is 13.0. The van der Waals surface area contributed by atoms with Gasteiger partial charge in [0.25, 0.3) is 0 Å². The summed E-state index contributed by atoms with van der Waals surface area (Å²) in [4.78, 5) is 29.4. The largest absolute Gasteiger partial charge is 0.506 e. The predicted octanol–water partition coefficient (Wildman–Crippen LogP) is 5.21. The molecule has 1 aliphatic heterocycles. The van der Waals surface area contributed by atoms with Crippen LogP contribution < -0.4 is 5.32 Å². The highest BCUT2D eigenvalue weighted by atomic mass is 35.5. The molecule has 1 fully saturated rings. The van der Waals surface area contributed by atoms with Gasteiger partial charge in [0.05, 0.1) is 17.0 Å². The third-order valence-corrected chi connectivity index (χ3v) is 6.02. The molecule has 0 spiro atoms. The number of phenolic OH excluding ortho intramolecular Hbond substituents is 1. The molecule has 0 bridgehead atoms. The molecule has 2 aliphatic rings. The van der Waals surface area contributed by atoms with Gasteiger partial charge in [0.15, 0.2) is 0 Å². The topological polar surface area (TPSA) is 78.8 Å². The summed E-state index contributed by atoms with van der Waals surface area (Å²) in [5.41, 5.74) is 1.35. The number of benzene rings is 1. The van der Waals surface area contributed by atoms with Crippen molar-refractivity contribution in [2.45, 2.75) is 64.3 Å². The Morgan fingerprint density at radius 1 is 1.26 bits per heavy atom. The molecule has 1 aromatic carbocycles. The molecule has 146 valence electrons. The molecule has 0 saturated heterocycles. The Hall–Kier alpha value is -1.88. The first kappa shape index (κ1) is 19.9. The van der Waals surface area contributed by atoms with Crippen molar-refractivity contribution < 1.29 is 14.7 Å². The average molecular weight is 391 g/mol. The van der Waals surface area contributed by atoms with E-state index in [-0.39, 0.29) is 16.6 Å². The van der Waals surface area contributed by atoms with Gasteiger partial charge in [-0.05, 0) is 30.0 Å². The van der Waals surface area contributed by atoms with Crippen LogP contribution in [-0.4, -0.2) is 22.6 Å². The number of urea groups is 1. The van der Waals surface area contributed by atoms with Crippen LogP contribution in [0.2, 0.25) is 5.02 Å². The third kappa shape index (κ3) is 4.70. The van der Waals surface area contributed by atoms with Gasteiger partial charge in [-0.15, -0.1) is 0 Å². The van der Waals surface area contributed by atoms with E-state index >= 15 is 0 Å². The van der Waals surface area contributed by atoms with E-state index in [1.54, 1.807) is 12.1 Å². The summed E-state index contributed by atoms with van der Waals surface area (Å²) in [6, 6.07) is 3.89. The molecule has 5 nitrogen and oxygen atoms in total. The number of carbonyl (C=O) groups excluding carboxylic acids is 2. The summed E-state index contributed by atoms with van der Waals surface area (Å²) in [5, 5.41) is 12.7. The predicted molar refractivity (Wildman–Crippen MR) is 106 cm³/mol. The number of aromatic hydroxyl groups is 1. The van der Waals surface area contributed by atoms with Crippen LogP contribution in [0.4, 0.5) is 4.79 Å². The second-order valence-corrected chi connectivity index (χ2v) is 8.01. The van der Waals surface area contributed by atoms with Crippen molar-refractivity contribution in [3.63, 3.8) is 0 Å². The first-order valence-electron chi connectivity index (χ1n) is 9.88. The number of hydrogen-bond acceptors (Lipinski definition) is 3. The zero-order valence-electron chi connectivity index (χ0n) is 15.7. The summed E-state index contributed by atoms with van der Waals surface area (Å²) >= 11 is 6.06. The molecule has 0 radical (unpaired) electrons. The van der Waals surface area contributed by atoms with Gasteiger partial charge in [-0.25, -0.2) is 9.79 Å². The lowest BCUT2D eigenvalue weighted by atomic mass is 9.79. The molecule has 0 aromatic heterocycles. The summed E-state index contributed by atoms with van der Waals surface area (Å²) in [7, 11) is 0. The lowest BCUT2D eigenvalue weighted by Crippen LogP contribution is -2.44. The fourth-order valence-electron chi connectivity index (χ4n) is 4.28. The minimum Gasteiger partial charge on any atom is -0.506 e. The highest BCUT2D eigenvalue weighted by Gasteiger charge is 2.38. The molecular formula is C21H27ClN2O3. The lowest BCUT2D eigenvalue weighted by Gasteiger charge is -2.32. The molecule has 2 unspecified atom stereocenters. The van der Waals surface area contributed by atoms with E-state index in [0.717, 1.165) is 12.8 Å². The molecule has 6 heteroatoms. The zero-order chi connectivity index (χ0) is 19.4. The van der Waals surface area contributed by atoms with E-state index in [4.69, 9.17) is 11.6 Å². The van der Waals surface area contributed by atoms with Crippen LogP contribution in [0.25, 0.3) is 0 Å². The maximum atomic E-state index is 13.3. The van der Waals surface area contributed by atoms with E-state index < -0.39 is 18.0 Å². The molecule has 3 rings (SSSR count). The van der Waals surface area contributed by atoms with Crippen LogP contribution in [0.5, 0.6) is 5.75 Å². The quantitative estimate of drug-likeness (QED) is 0.677. The number of halogens is 1. The van der Waals surface area contributed by atoms with E-state index in [9.17, 15) is 14.7 Å². The SMILES string of the molecule is CCC1=NC(=O)NC(c2ccc(O)c(Cl)c2)C1C(=O)CC1CCCCCC1. The van der Waals surface area contributed by atoms with Crippen molar-refractivity contribution in [3.8, 4) is 5.75 Å². The average Bonchev–Trinajstić information content (AvgIpc) is 2.91. The molecule has 1 heterocycles. The van der Waals surface area contributed by atoms with Gasteiger partial charge in [0.1, 0.15) is 11.5 Å². The summed E-state index contributed by atoms with van der Waals surface area (Å²) in [6.45, 7) is 1.92. The van der Waals surface area contributed by atoms with Gasteiger partial charge >= 0.3 is 6.03 Å². The highest BCUT2D eigenvalue weighted by molar-refractivity contribution is 6.32. The number of carbonyl (C=O) groups is 2. The number of hydrogen-bond donors (Lipinski definition) is 2. The van der Waals surface area contributed by atoms with Crippen LogP contribution >= 0.6 is 11.6 Å². The lowest BCUT2D eigenvalue weighted by molar-refractivity contribution is -0.122. The Balaban J connectivity index is 1.88. The number of phenols is 1. The van der Waals surface area contributed by atoms with E-state index in [2.05, 4.69) is 10.3 Å². The fourth-order valence-corrected chi connectivity index (χ4v) is 4.47. The highest BCUT2D eigenvalue weighted by Crippen LogP contribution is 2.35. The Morgan fingerprint density at radius 3 is 2.59 bits per heavy atom. The smallest absolute Gasteiger partial charge is 0.341 e. The summed E-state index contributed by atoms with van der Waals surface area (Å²) in [5.74, 6) is 0.0568. The Morgan fingerprint density at radius 2 is 1.96 bits per heavy atom. The van der Waals surface area contributed by atoms with Crippen molar-refractivity contribution in [1.82, 2.24) is 5.32 Å². The molecule has 27 heavy (non-hydrogen) atoms. The van der Waals surface area contributed by atoms with Gasteiger partial charge in [-0.3, -0.25) is 4.79 Å². The third-order valence-electron chi connectivity index (χ3n) is 5.72. The monoisotopic (exact) mass is 390 g/mol. The molecule has 2 atom stereocenters. The zero-order valence-corrected chi connectivity index (χ0v) is 16.5. The molecule has 1 aliphatic carbocycles. The molecule has 2 N–H and O–H groups in total. The second-order valence-electron chi connectivity index (χ2n) is 7.60. The van der Waals surface area contributed by atoms with Crippen molar-refractivity contribution in [1.29, 1.82) is 0 Å². The molecule has 1 saturated carbocycles. The number of ketones is 1. The maximum Gasteiger partial charge on any atom is 0.341 e. The van der Waals surface area contributed by atoms with E-state index in [0.29, 0.717) is 30.0 Å². The summed E-state index contributed by atoms with van der Waals surface area (Å²) < 4.78 is 0. The first-order valence-corrected chi connectivity index (χ1v) is 10.3. The van der Waals surface area contributed by atoms with Crippen molar-refractivity contribution in [2.75, 3.05) is 0 Å². The fraction of sp³-hybridized carbons (Fsp3) is 0.571. The molecule has 2 amide bonds. The number of Topliss-reactive ketones (excluding diaryl/α,β-unsaturated/α-hetero) is 1. The van der Waals surface area contributed by atoms with E-state index in [1.165, 1.54) is 31.7 Å². The van der Waals surface area contributed by atoms with Crippen LogP contribution in [0, 0.1) is 11.8 Å². The second kappa shape index (κ2) is 8.87. The van der Waals surface area contributed by atoms with Crippen molar-refractivity contribution in [3.05, 3.63) is 28.8 Å². The number of nitrogens with one attached hydrogen (secondary N) is 1. The standard InChI is InChI=1S/C21H27ClN2O3/c1-2-16-19(18(26)11-13-7-5-3-4-6-8-13)20(24-21(27)23-16)14-9-10-17(25)15(22)12-14/h9-10,12-13,19-20,25H,2-8,11H2,1H3,(H,24,27). The minimum absolute atomic E-state index is 0.0201. The Bertz CT molecular complexity index is 739. The summed E-state index contributed by atoms with van der Waals surface area (Å²) in [6.07, 6.45) is 8.15. The van der Waals surface area contributed by atoms with Crippen molar-refractivity contribution in [2.24, 2.45) is 16.8 Å². The van der Waals surface area contributed by atoms with Crippen molar-refractivity contribution >= 4 is 29.1 Å². The Labute approximate surface area is 165 Å².